The van der Waals surface area contributed by atoms with Crippen LogP contribution in [0.4, 0.5) is 32.8 Å². The Hall–Kier alpha value is -5.71. The predicted molar refractivity (Wildman–Crippen MR) is 195 cm³/mol. The Balaban J connectivity index is 1.10. The normalized spacial score (nSPS) is 11.2. The fourth-order valence-electron chi connectivity index (χ4n) is 6.00. The molecule has 0 amide bonds. The van der Waals surface area contributed by atoms with Gasteiger partial charge in [0.15, 0.2) is 0 Å². The van der Waals surface area contributed by atoms with Crippen LogP contribution in [-0.2, 0) is 0 Å². The van der Waals surface area contributed by atoms with E-state index in [0.29, 0.717) is 0 Å². The van der Waals surface area contributed by atoms with Crippen molar-refractivity contribution in [1.82, 2.24) is 0 Å². The highest BCUT2D eigenvalue weighted by molar-refractivity contribution is 7.25. The number of nitrogens with one attached hydrogen (secondary N) is 1. The highest BCUT2D eigenvalue weighted by Gasteiger charge is 2.14. The molecule has 2 nitrogen and oxygen atoms in total. The maximum absolute atomic E-state index is 13.3. The summed E-state index contributed by atoms with van der Waals surface area (Å²) < 4.78 is 15.8. The quantitative estimate of drug-likeness (QED) is 0.193. The van der Waals surface area contributed by atoms with Crippen molar-refractivity contribution >= 4 is 59.9 Å². The number of hydrogen-bond acceptors (Lipinski definition) is 3. The van der Waals surface area contributed by atoms with E-state index < -0.39 is 0 Å². The zero-order valence-electron chi connectivity index (χ0n) is 24.9. The molecule has 1 aromatic heterocycles. The molecule has 46 heavy (non-hydrogen) atoms. The minimum atomic E-state index is -0.238. The van der Waals surface area contributed by atoms with Crippen LogP contribution in [0.25, 0.3) is 42.4 Å². The van der Waals surface area contributed by atoms with Gasteiger partial charge in [-0.25, -0.2) is 4.39 Å². The molecule has 1 heterocycles. The Morgan fingerprint density at radius 2 is 0.957 bits per heavy atom. The van der Waals surface area contributed by atoms with Crippen molar-refractivity contribution in [3.05, 3.63) is 176 Å². The SMILES string of the molecule is Fc1ccc(Nc2ccc3c(c2)sc2ccc(-c4ccc(N(c5ccccc5)c5ccc(-c6ccccc6)cc5)cc4)cc23)cc1. The van der Waals surface area contributed by atoms with Crippen molar-refractivity contribution in [2.75, 3.05) is 10.2 Å². The van der Waals surface area contributed by atoms with E-state index in [1.54, 1.807) is 23.5 Å². The fraction of sp³-hybridized carbons (Fsp3) is 0. The smallest absolute Gasteiger partial charge is 0.123 e. The summed E-state index contributed by atoms with van der Waals surface area (Å²) >= 11 is 1.79. The number of thiophene rings is 1. The number of benzene rings is 7. The van der Waals surface area contributed by atoms with Gasteiger partial charge in [-0.1, -0.05) is 84.9 Å². The Labute approximate surface area is 271 Å². The molecular formula is C42H29FN2S. The molecule has 7 aromatic carbocycles. The Morgan fingerprint density at radius 3 is 1.63 bits per heavy atom. The van der Waals surface area contributed by atoms with E-state index in [1.807, 2.05) is 6.07 Å². The van der Waals surface area contributed by atoms with Crippen molar-refractivity contribution in [3.8, 4) is 22.3 Å². The molecule has 1 N–H and O–H groups in total. The van der Waals surface area contributed by atoms with Crippen LogP contribution in [0.5, 0.6) is 0 Å². The predicted octanol–water partition coefficient (Wildman–Crippen LogP) is 12.7. The van der Waals surface area contributed by atoms with Gasteiger partial charge in [-0.3, -0.25) is 0 Å². The van der Waals surface area contributed by atoms with E-state index in [9.17, 15) is 4.39 Å². The lowest BCUT2D eigenvalue weighted by molar-refractivity contribution is 0.628. The molecule has 0 aliphatic heterocycles. The average Bonchev–Trinajstić information content (AvgIpc) is 3.48. The van der Waals surface area contributed by atoms with Gasteiger partial charge in [0.25, 0.3) is 0 Å². The molecule has 0 aliphatic carbocycles. The first-order chi connectivity index (χ1) is 22.7. The molecule has 0 spiro atoms. The summed E-state index contributed by atoms with van der Waals surface area (Å²) in [6.45, 7) is 0. The summed E-state index contributed by atoms with van der Waals surface area (Å²) in [5.74, 6) is -0.238. The standard InChI is InChI=1S/C42H29FN2S/c43-33-16-18-34(19-17-33)44-35-20-25-39-40-27-32(15-26-41(40)46-42(39)28-35)31-13-23-38(24-14-31)45(36-9-5-2-6-10-36)37-21-11-30(12-22-37)29-7-3-1-4-8-29/h1-28,44H. The number of halogens is 1. The Morgan fingerprint density at radius 1 is 0.413 bits per heavy atom. The van der Waals surface area contributed by atoms with Crippen LogP contribution < -0.4 is 10.2 Å². The van der Waals surface area contributed by atoms with Gasteiger partial charge >= 0.3 is 0 Å². The topological polar surface area (TPSA) is 15.3 Å². The summed E-state index contributed by atoms with van der Waals surface area (Å²) in [5, 5.41) is 5.87. The van der Waals surface area contributed by atoms with Crippen LogP contribution in [0.3, 0.4) is 0 Å². The van der Waals surface area contributed by atoms with Gasteiger partial charge in [-0.2, -0.15) is 0 Å². The second kappa shape index (κ2) is 12.0. The highest BCUT2D eigenvalue weighted by atomic mass is 32.1. The van der Waals surface area contributed by atoms with E-state index >= 15 is 0 Å². The molecule has 4 heteroatoms. The monoisotopic (exact) mass is 612 g/mol. The third-order valence-electron chi connectivity index (χ3n) is 8.31. The number of anilines is 5. The summed E-state index contributed by atoms with van der Waals surface area (Å²) in [7, 11) is 0. The van der Waals surface area contributed by atoms with E-state index in [-0.39, 0.29) is 5.82 Å². The summed E-state index contributed by atoms with van der Waals surface area (Å²) in [5.41, 5.74) is 9.94. The zero-order valence-corrected chi connectivity index (χ0v) is 25.7. The summed E-state index contributed by atoms with van der Waals surface area (Å²) in [6, 6.07) is 58.2. The first-order valence-corrected chi connectivity index (χ1v) is 16.1. The van der Waals surface area contributed by atoms with E-state index in [2.05, 4.69) is 150 Å². The number of nitrogens with zero attached hydrogens (tertiary/aromatic N) is 1. The van der Waals surface area contributed by atoms with Gasteiger partial charge < -0.3 is 10.2 Å². The Kier molecular flexibility index (Phi) is 7.25. The molecule has 8 rings (SSSR count). The second-order valence-electron chi connectivity index (χ2n) is 11.3. The highest BCUT2D eigenvalue weighted by Crippen LogP contribution is 2.40. The minimum absolute atomic E-state index is 0.238. The largest absolute Gasteiger partial charge is 0.355 e. The molecule has 0 fully saturated rings. The van der Waals surface area contributed by atoms with Crippen molar-refractivity contribution in [3.63, 3.8) is 0 Å². The van der Waals surface area contributed by atoms with E-state index in [0.717, 1.165) is 28.4 Å². The molecule has 0 saturated heterocycles. The molecule has 0 radical (unpaired) electrons. The molecular weight excluding hydrogens is 584 g/mol. The molecule has 8 aromatic rings. The zero-order chi connectivity index (χ0) is 30.9. The minimum Gasteiger partial charge on any atom is -0.355 e. The van der Waals surface area contributed by atoms with Gasteiger partial charge in [-0.05, 0) is 107 Å². The van der Waals surface area contributed by atoms with Gasteiger partial charge in [0.2, 0.25) is 0 Å². The van der Waals surface area contributed by atoms with Crippen molar-refractivity contribution in [1.29, 1.82) is 0 Å². The van der Waals surface area contributed by atoms with Crippen LogP contribution >= 0.6 is 11.3 Å². The summed E-state index contributed by atoms with van der Waals surface area (Å²) in [6.07, 6.45) is 0. The summed E-state index contributed by atoms with van der Waals surface area (Å²) in [4.78, 5) is 2.30. The van der Waals surface area contributed by atoms with E-state index in [1.165, 1.54) is 54.6 Å². The maximum atomic E-state index is 13.3. The molecule has 0 unspecified atom stereocenters. The lowest BCUT2D eigenvalue weighted by Gasteiger charge is -2.26. The Bertz CT molecular complexity index is 2260. The molecule has 0 aliphatic rings. The van der Waals surface area contributed by atoms with Crippen molar-refractivity contribution in [2.24, 2.45) is 0 Å². The van der Waals surface area contributed by atoms with Gasteiger partial charge in [0, 0.05) is 48.6 Å². The second-order valence-corrected chi connectivity index (χ2v) is 12.4. The number of para-hydroxylation sites is 1. The van der Waals surface area contributed by atoms with Crippen molar-refractivity contribution in [2.45, 2.75) is 0 Å². The first-order valence-electron chi connectivity index (χ1n) is 15.3. The van der Waals surface area contributed by atoms with Crippen LogP contribution in [-0.4, -0.2) is 0 Å². The van der Waals surface area contributed by atoms with Crippen LogP contribution in [0.1, 0.15) is 0 Å². The fourth-order valence-corrected chi connectivity index (χ4v) is 7.12. The van der Waals surface area contributed by atoms with Crippen LogP contribution in [0, 0.1) is 5.82 Å². The third-order valence-corrected chi connectivity index (χ3v) is 9.44. The number of fused-ring (bicyclic) bond motifs is 3. The number of rotatable bonds is 7. The van der Waals surface area contributed by atoms with Gasteiger partial charge in [-0.15, -0.1) is 11.3 Å². The molecule has 0 saturated carbocycles. The van der Waals surface area contributed by atoms with Gasteiger partial charge in [0.05, 0.1) is 0 Å². The molecule has 0 atom stereocenters. The van der Waals surface area contributed by atoms with E-state index in [4.69, 9.17) is 0 Å². The molecule has 220 valence electrons. The lowest BCUT2D eigenvalue weighted by atomic mass is 10.0. The van der Waals surface area contributed by atoms with Gasteiger partial charge in [0.1, 0.15) is 5.82 Å². The number of hydrogen-bond donors (Lipinski definition) is 1. The lowest BCUT2D eigenvalue weighted by Crippen LogP contribution is -2.09. The van der Waals surface area contributed by atoms with Crippen molar-refractivity contribution < 1.29 is 4.39 Å². The molecule has 0 bridgehead atoms. The third kappa shape index (κ3) is 5.51. The first kappa shape index (κ1) is 27.8. The average molecular weight is 613 g/mol. The maximum Gasteiger partial charge on any atom is 0.123 e. The van der Waals surface area contributed by atoms with Crippen LogP contribution in [0.15, 0.2) is 170 Å². The van der Waals surface area contributed by atoms with Crippen LogP contribution in [0.2, 0.25) is 0 Å².